The molecule has 0 aromatic heterocycles. The molecule has 0 aliphatic heterocycles. The molecule has 0 heterocycles. The summed E-state index contributed by atoms with van der Waals surface area (Å²) in [5.74, 6) is 0.0412. The van der Waals surface area contributed by atoms with Gasteiger partial charge in [0, 0.05) is 5.56 Å². The summed E-state index contributed by atoms with van der Waals surface area (Å²) in [5.41, 5.74) is 0.634. The Morgan fingerprint density at radius 2 is 2.12 bits per heavy atom. The molecule has 0 aliphatic carbocycles. The second-order valence-electron chi connectivity index (χ2n) is 3.63. The van der Waals surface area contributed by atoms with Crippen LogP contribution in [-0.2, 0) is 4.74 Å². The number of nitrogens with one attached hydrogen (secondary N) is 2. The van der Waals surface area contributed by atoms with Gasteiger partial charge in [0.15, 0.2) is 0 Å². The highest BCUT2D eigenvalue weighted by molar-refractivity contribution is 6.04. The molecule has 0 unspecified atom stereocenters. The number of ether oxygens (including phenoxy) is 1. The fourth-order valence-corrected chi connectivity index (χ4v) is 1.28. The molecular formula is C13H17N2O2. The van der Waals surface area contributed by atoms with Crippen LogP contribution in [0.15, 0.2) is 24.3 Å². The summed E-state index contributed by atoms with van der Waals surface area (Å²) in [6, 6.07) is 9.65. The van der Waals surface area contributed by atoms with Crippen LogP contribution in [-0.4, -0.2) is 18.5 Å². The van der Waals surface area contributed by atoms with E-state index in [1.807, 2.05) is 0 Å². The summed E-state index contributed by atoms with van der Waals surface area (Å²) >= 11 is 0. The van der Waals surface area contributed by atoms with Gasteiger partial charge in [0.2, 0.25) is 0 Å². The molecule has 0 saturated carbocycles. The number of amides is 1. The Hall–Kier alpha value is -1.84. The van der Waals surface area contributed by atoms with E-state index in [0.29, 0.717) is 12.2 Å². The van der Waals surface area contributed by atoms with Crippen LogP contribution in [0.5, 0.6) is 0 Å². The molecule has 0 bridgehead atoms. The number of benzene rings is 1. The Balaban J connectivity index is 2.29. The van der Waals surface area contributed by atoms with E-state index in [1.165, 1.54) is 0 Å². The van der Waals surface area contributed by atoms with E-state index >= 15 is 0 Å². The maximum absolute atomic E-state index is 11.3. The molecule has 2 N–H and O–H groups in total. The molecule has 1 aromatic carbocycles. The minimum Gasteiger partial charge on any atom is -0.449 e. The van der Waals surface area contributed by atoms with Crippen molar-refractivity contribution in [3.8, 4) is 0 Å². The number of carbonyl (C=O) groups is 1. The molecule has 0 atom stereocenters. The van der Waals surface area contributed by atoms with Crippen LogP contribution >= 0.6 is 0 Å². The Morgan fingerprint density at radius 3 is 2.76 bits per heavy atom. The van der Waals surface area contributed by atoms with Gasteiger partial charge in [0.1, 0.15) is 5.84 Å². The minimum atomic E-state index is -0.570. The molecule has 1 aromatic rings. The van der Waals surface area contributed by atoms with Gasteiger partial charge in [0.05, 0.1) is 6.61 Å². The van der Waals surface area contributed by atoms with E-state index in [2.05, 4.69) is 18.3 Å². The molecule has 0 fully saturated rings. The first-order valence-electron chi connectivity index (χ1n) is 5.73. The van der Waals surface area contributed by atoms with Gasteiger partial charge in [-0.15, -0.1) is 0 Å². The number of rotatable bonds is 5. The quantitative estimate of drug-likeness (QED) is 0.466. The predicted molar refractivity (Wildman–Crippen MR) is 66.1 cm³/mol. The van der Waals surface area contributed by atoms with Crippen LogP contribution in [0.1, 0.15) is 31.7 Å². The monoisotopic (exact) mass is 233 g/mol. The molecule has 1 radical (unpaired) electrons. The van der Waals surface area contributed by atoms with Crippen molar-refractivity contribution in [2.45, 2.75) is 26.2 Å². The Kier molecular flexibility index (Phi) is 5.79. The number of hydrogen-bond acceptors (Lipinski definition) is 3. The van der Waals surface area contributed by atoms with Crippen LogP contribution in [0.3, 0.4) is 0 Å². The smallest absolute Gasteiger partial charge is 0.412 e. The lowest BCUT2D eigenvalue weighted by molar-refractivity contribution is 0.149. The van der Waals surface area contributed by atoms with Crippen LogP contribution in [0.25, 0.3) is 0 Å². The summed E-state index contributed by atoms with van der Waals surface area (Å²) in [5, 5.41) is 10.0. The lowest BCUT2D eigenvalue weighted by atomic mass is 10.2. The second-order valence-corrected chi connectivity index (χ2v) is 3.63. The van der Waals surface area contributed by atoms with Gasteiger partial charge in [-0.1, -0.05) is 44.0 Å². The topological polar surface area (TPSA) is 62.2 Å². The third kappa shape index (κ3) is 5.15. The third-order valence-electron chi connectivity index (χ3n) is 2.22. The summed E-state index contributed by atoms with van der Waals surface area (Å²) in [7, 11) is 0. The second kappa shape index (κ2) is 7.44. The van der Waals surface area contributed by atoms with Crippen molar-refractivity contribution >= 4 is 11.9 Å². The van der Waals surface area contributed by atoms with Gasteiger partial charge < -0.3 is 4.74 Å². The van der Waals surface area contributed by atoms with E-state index in [-0.39, 0.29) is 5.84 Å². The van der Waals surface area contributed by atoms with Crippen LogP contribution in [0.4, 0.5) is 4.79 Å². The standard InChI is InChI=1S/C13H17N2O2/c1-2-3-7-10-17-13(16)15-12(14)11-8-5-4-6-9-11/h5-6,8-9H,2-3,7,10H2,1H3,(H2,14,15,16). The number of unbranched alkanes of at least 4 members (excludes halogenated alkanes) is 2. The first-order valence-corrected chi connectivity index (χ1v) is 5.73. The van der Waals surface area contributed by atoms with Crippen LogP contribution < -0.4 is 5.32 Å². The Bertz CT molecular complexity index is 363. The summed E-state index contributed by atoms with van der Waals surface area (Å²) in [6.45, 7) is 2.48. The maximum atomic E-state index is 11.3. The zero-order valence-corrected chi connectivity index (χ0v) is 9.95. The molecule has 1 rings (SSSR count). The lowest BCUT2D eigenvalue weighted by Gasteiger charge is -2.07. The van der Waals surface area contributed by atoms with Crippen molar-refractivity contribution in [1.29, 1.82) is 5.41 Å². The van der Waals surface area contributed by atoms with Crippen LogP contribution in [0.2, 0.25) is 0 Å². The van der Waals surface area contributed by atoms with Gasteiger partial charge in [-0.2, -0.15) is 0 Å². The van der Waals surface area contributed by atoms with Crippen LogP contribution in [0, 0.1) is 11.5 Å². The minimum absolute atomic E-state index is 0.0412. The normalized spacial score (nSPS) is 9.71. The highest BCUT2D eigenvalue weighted by Crippen LogP contribution is 1.98. The molecular weight excluding hydrogens is 216 g/mol. The molecule has 1 amide bonds. The highest BCUT2D eigenvalue weighted by Gasteiger charge is 2.06. The molecule has 0 spiro atoms. The molecule has 4 heteroatoms. The lowest BCUT2D eigenvalue weighted by Crippen LogP contribution is -2.31. The number of amidine groups is 1. The zero-order valence-electron chi connectivity index (χ0n) is 9.95. The summed E-state index contributed by atoms with van der Waals surface area (Å²) < 4.78 is 4.94. The van der Waals surface area contributed by atoms with Crippen molar-refractivity contribution in [3.63, 3.8) is 0 Å². The van der Waals surface area contributed by atoms with E-state index in [9.17, 15) is 4.79 Å². The average molecular weight is 233 g/mol. The molecule has 4 nitrogen and oxygen atoms in total. The predicted octanol–water partition coefficient (Wildman–Crippen LogP) is 2.73. The Labute approximate surface area is 101 Å². The van der Waals surface area contributed by atoms with E-state index in [0.717, 1.165) is 19.3 Å². The average Bonchev–Trinajstić information content (AvgIpc) is 2.36. The fourth-order valence-electron chi connectivity index (χ4n) is 1.28. The number of alkyl carbamates (subject to hydrolysis) is 1. The number of carbonyl (C=O) groups excluding carboxylic acids is 1. The first kappa shape index (κ1) is 13.2. The van der Waals surface area contributed by atoms with Gasteiger partial charge >= 0.3 is 6.09 Å². The molecule has 17 heavy (non-hydrogen) atoms. The Morgan fingerprint density at radius 1 is 1.41 bits per heavy atom. The zero-order chi connectivity index (χ0) is 12.5. The summed E-state index contributed by atoms with van der Waals surface area (Å²) in [4.78, 5) is 11.3. The van der Waals surface area contributed by atoms with Gasteiger partial charge in [-0.25, -0.2) is 4.79 Å². The van der Waals surface area contributed by atoms with Gasteiger partial charge in [0.25, 0.3) is 0 Å². The maximum Gasteiger partial charge on any atom is 0.412 e. The van der Waals surface area contributed by atoms with Gasteiger partial charge in [-0.05, 0) is 12.5 Å². The van der Waals surface area contributed by atoms with Gasteiger partial charge in [-0.3, -0.25) is 10.7 Å². The van der Waals surface area contributed by atoms with Crippen molar-refractivity contribution in [1.82, 2.24) is 5.32 Å². The largest absolute Gasteiger partial charge is 0.449 e. The third-order valence-corrected chi connectivity index (χ3v) is 2.22. The van der Waals surface area contributed by atoms with E-state index in [4.69, 9.17) is 10.1 Å². The number of hydrogen-bond donors (Lipinski definition) is 2. The molecule has 0 aliphatic rings. The first-order chi connectivity index (χ1) is 8.24. The SMILES string of the molecule is CCCCCOC(=O)NC(=N)c1cc[c]cc1. The molecule has 91 valence electrons. The van der Waals surface area contributed by atoms with Crippen molar-refractivity contribution in [2.24, 2.45) is 0 Å². The van der Waals surface area contributed by atoms with Crippen molar-refractivity contribution in [2.75, 3.05) is 6.61 Å². The van der Waals surface area contributed by atoms with E-state index < -0.39 is 6.09 Å². The fraction of sp³-hybridized carbons (Fsp3) is 0.385. The summed E-state index contributed by atoms with van der Waals surface area (Å²) in [6.07, 6.45) is 2.41. The van der Waals surface area contributed by atoms with Crippen molar-refractivity contribution in [3.05, 3.63) is 35.9 Å². The highest BCUT2D eigenvalue weighted by atomic mass is 16.5. The van der Waals surface area contributed by atoms with E-state index in [1.54, 1.807) is 24.3 Å². The van der Waals surface area contributed by atoms with Crippen molar-refractivity contribution < 1.29 is 9.53 Å². The molecule has 0 saturated heterocycles.